The smallest absolute Gasteiger partial charge is 0.242 e. The van der Waals surface area contributed by atoms with E-state index in [9.17, 15) is 9.59 Å². The lowest BCUT2D eigenvalue weighted by molar-refractivity contribution is -0.133. The SMILES string of the molecule is CC(NC(=O)C(C)(C)C)C(=O)NCCCC1CCCCC1. The van der Waals surface area contributed by atoms with Crippen molar-refractivity contribution in [3.05, 3.63) is 0 Å². The van der Waals surface area contributed by atoms with E-state index in [0.717, 1.165) is 12.3 Å². The van der Waals surface area contributed by atoms with E-state index in [1.54, 1.807) is 6.92 Å². The molecule has 0 radical (unpaired) electrons. The Morgan fingerprint density at radius 3 is 2.33 bits per heavy atom. The van der Waals surface area contributed by atoms with Crippen LogP contribution in [0.1, 0.15) is 72.6 Å². The van der Waals surface area contributed by atoms with Crippen molar-refractivity contribution < 1.29 is 9.59 Å². The summed E-state index contributed by atoms with van der Waals surface area (Å²) in [4.78, 5) is 23.8. The molecule has 1 fully saturated rings. The molecule has 4 heteroatoms. The second-order valence-corrected chi connectivity index (χ2v) is 7.38. The van der Waals surface area contributed by atoms with Crippen LogP contribution in [0.15, 0.2) is 0 Å². The molecule has 0 aromatic rings. The van der Waals surface area contributed by atoms with Gasteiger partial charge >= 0.3 is 0 Å². The molecule has 1 saturated carbocycles. The van der Waals surface area contributed by atoms with Gasteiger partial charge in [-0.3, -0.25) is 9.59 Å². The Hall–Kier alpha value is -1.06. The zero-order valence-electron chi connectivity index (χ0n) is 14.1. The molecule has 2 amide bonds. The highest BCUT2D eigenvalue weighted by Gasteiger charge is 2.24. The molecule has 122 valence electrons. The fourth-order valence-corrected chi connectivity index (χ4v) is 2.71. The molecule has 0 aromatic carbocycles. The molecule has 1 aliphatic carbocycles. The van der Waals surface area contributed by atoms with Crippen molar-refractivity contribution in [2.45, 2.75) is 78.7 Å². The topological polar surface area (TPSA) is 58.2 Å². The Morgan fingerprint density at radius 2 is 1.76 bits per heavy atom. The Bertz CT molecular complexity index is 341. The minimum atomic E-state index is -0.466. The van der Waals surface area contributed by atoms with Gasteiger partial charge in [0.15, 0.2) is 0 Å². The van der Waals surface area contributed by atoms with Gasteiger partial charge in [-0.2, -0.15) is 0 Å². The van der Waals surface area contributed by atoms with Crippen molar-refractivity contribution in [1.29, 1.82) is 0 Å². The molecular formula is C17H32N2O2. The third-order valence-corrected chi connectivity index (χ3v) is 4.24. The summed E-state index contributed by atoms with van der Waals surface area (Å²) in [6.45, 7) is 7.98. The molecule has 4 nitrogen and oxygen atoms in total. The van der Waals surface area contributed by atoms with E-state index in [1.807, 2.05) is 20.8 Å². The summed E-state index contributed by atoms with van der Waals surface area (Å²) < 4.78 is 0. The van der Waals surface area contributed by atoms with Crippen LogP contribution in [0.5, 0.6) is 0 Å². The van der Waals surface area contributed by atoms with Gasteiger partial charge in [-0.15, -0.1) is 0 Å². The van der Waals surface area contributed by atoms with Crippen LogP contribution in [-0.2, 0) is 9.59 Å². The number of carbonyl (C=O) groups is 2. The van der Waals surface area contributed by atoms with Gasteiger partial charge in [-0.05, 0) is 25.7 Å². The first-order valence-electron chi connectivity index (χ1n) is 8.39. The third kappa shape index (κ3) is 6.96. The van der Waals surface area contributed by atoms with E-state index in [0.29, 0.717) is 6.54 Å². The molecule has 0 aliphatic heterocycles. The van der Waals surface area contributed by atoms with E-state index in [-0.39, 0.29) is 11.8 Å². The fourth-order valence-electron chi connectivity index (χ4n) is 2.71. The van der Waals surface area contributed by atoms with E-state index < -0.39 is 11.5 Å². The predicted molar refractivity (Wildman–Crippen MR) is 85.9 cm³/mol. The second-order valence-electron chi connectivity index (χ2n) is 7.38. The molecule has 1 unspecified atom stereocenters. The molecule has 0 bridgehead atoms. The van der Waals surface area contributed by atoms with Crippen LogP contribution >= 0.6 is 0 Å². The van der Waals surface area contributed by atoms with Crippen LogP contribution in [0.3, 0.4) is 0 Å². The molecule has 1 aliphatic rings. The van der Waals surface area contributed by atoms with Gasteiger partial charge in [0.25, 0.3) is 0 Å². The van der Waals surface area contributed by atoms with Gasteiger partial charge in [0.05, 0.1) is 0 Å². The molecule has 0 aromatic heterocycles. The average molecular weight is 296 g/mol. The molecule has 1 atom stereocenters. The molecule has 0 spiro atoms. The maximum Gasteiger partial charge on any atom is 0.242 e. The quantitative estimate of drug-likeness (QED) is 0.740. The Kier molecular flexibility index (Phi) is 7.20. The summed E-state index contributed by atoms with van der Waals surface area (Å²) in [5.41, 5.74) is -0.463. The molecule has 2 N–H and O–H groups in total. The Labute approximate surface area is 129 Å². The summed E-state index contributed by atoms with van der Waals surface area (Å²) in [6.07, 6.45) is 9.08. The minimum Gasteiger partial charge on any atom is -0.354 e. The Balaban J connectivity index is 2.16. The van der Waals surface area contributed by atoms with Crippen molar-refractivity contribution in [2.24, 2.45) is 11.3 Å². The predicted octanol–water partition coefficient (Wildman–Crippen LogP) is 3.01. The van der Waals surface area contributed by atoms with E-state index in [1.165, 1.54) is 38.5 Å². The number of rotatable bonds is 6. The summed E-state index contributed by atoms with van der Waals surface area (Å²) in [5.74, 6) is 0.678. The van der Waals surface area contributed by atoms with Crippen LogP contribution in [0, 0.1) is 11.3 Å². The molecule has 0 saturated heterocycles. The van der Waals surface area contributed by atoms with Crippen LogP contribution in [-0.4, -0.2) is 24.4 Å². The molecular weight excluding hydrogens is 264 g/mol. The number of hydrogen-bond acceptors (Lipinski definition) is 2. The fraction of sp³-hybridized carbons (Fsp3) is 0.882. The van der Waals surface area contributed by atoms with Gasteiger partial charge in [-0.1, -0.05) is 52.9 Å². The second kappa shape index (κ2) is 8.40. The summed E-state index contributed by atoms with van der Waals surface area (Å²) in [6, 6.07) is -0.466. The lowest BCUT2D eigenvalue weighted by Crippen LogP contribution is -2.48. The highest BCUT2D eigenvalue weighted by molar-refractivity contribution is 5.89. The number of amides is 2. The van der Waals surface area contributed by atoms with Gasteiger partial charge in [0, 0.05) is 12.0 Å². The number of hydrogen-bond donors (Lipinski definition) is 2. The monoisotopic (exact) mass is 296 g/mol. The zero-order chi connectivity index (χ0) is 15.9. The zero-order valence-corrected chi connectivity index (χ0v) is 14.1. The van der Waals surface area contributed by atoms with Crippen molar-refractivity contribution in [2.75, 3.05) is 6.54 Å². The van der Waals surface area contributed by atoms with E-state index >= 15 is 0 Å². The van der Waals surface area contributed by atoms with E-state index in [2.05, 4.69) is 10.6 Å². The highest BCUT2D eigenvalue weighted by atomic mass is 16.2. The highest BCUT2D eigenvalue weighted by Crippen LogP contribution is 2.26. The maximum atomic E-state index is 11.9. The van der Waals surface area contributed by atoms with Crippen LogP contribution in [0.4, 0.5) is 0 Å². The largest absolute Gasteiger partial charge is 0.354 e. The first-order chi connectivity index (χ1) is 9.80. The average Bonchev–Trinajstić information content (AvgIpc) is 2.43. The van der Waals surface area contributed by atoms with Crippen molar-refractivity contribution in [1.82, 2.24) is 10.6 Å². The third-order valence-electron chi connectivity index (χ3n) is 4.24. The summed E-state index contributed by atoms with van der Waals surface area (Å²) in [5, 5.41) is 5.68. The first kappa shape index (κ1) is 18.0. The van der Waals surface area contributed by atoms with Gasteiger partial charge in [0.1, 0.15) is 6.04 Å². The van der Waals surface area contributed by atoms with Crippen LogP contribution < -0.4 is 10.6 Å². The van der Waals surface area contributed by atoms with Crippen LogP contribution in [0.2, 0.25) is 0 Å². The maximum absolute atomic E-state index is 11.9. The van der Waals surface area contributed by atoms with Crippen LogP contribution in [0.25, 0.3) is 0 Å². The minimum absolute atomic E-state index is 0.0868. The summed E-state index contributed by atoms with van der Waals surface area (Å²) in [7, 11) is 0. The molecule has 21 heavy (non-hydrogen) atoms. The van der Waals surface area contributed by atoms with Gasteiger partial charge in [0.2, 0.25) is 11.8 Å². The number of nitrogens with one attached hydrogen (secondary N) is 2. The van der Waals surface area contributed by atoms with Crippen molar-refractivity contribution in [3.63, 3.8) is 0 Å². The Morgan fingerprint density at radius 1 is 1.14 bits per heavy atom. The van der Waals surface area contributed by atoms with Gasteiger partial charge < -0.3 is 10.6 Å². The number of carbonyl (C=O) groups excluding carboxylic acids is 2. The normalized spacial score (nSPS) is 18.1. The van der Waals surface area contributed by atoms with Crippen molar-refractivity contribution in [3.8, 4) is 0 Å². The molecule has 1 rings (SSSR count). The lowest BCUT2D eigenvalue weighted by Gasteiger charge is -2.22. The van der Waals surface area contributed by atoms with E-state index in [4.69, 9.17) is 0 Å². The van der Waals surface area contributed by atoms with Crippen molar-refractivity contribution >= 4 is 11.8 Å². The standard InChI is InChI=1S/C17H32N2O2/c1-13(19-16(21)17(2,3)4)15(20)18-12-8-11-14-9-6-5-7-10-14/h13-14H,5-12H2,1-4H3,(H,18,20)(H,19,21). The molecule has 0 heterocycles. The van der Waals surface area contributed by atoms with Gasteiger partial charge in [-0.25, -0.2) is 0 Å². The lowest BCUT2D eigenvalue weighted by atomic mass is 9.86. The first-order valence-corrected chi connectivity index (χ1v) is 8.39. The summed E-state index contributed by atoms with van der Waals surface area (Å²) >= 11 is 0.